The van der Waals surface area contributed by atoms with Crippen LogP contribution in [0.15, 0.2) is 109 Å². The Kier molecular flexibility index (Phi) is 8.00. The van der Waals surface area contributed by atoms with Crippen LogP contribution in [0.3, 0.4) is 0 Å². The molecule has 0 bridgehead atoms. The van der Waals surface area contributed by atoms with Gasteiger partial charge in [-0.15, -0.1) is 0 Å². The number of ether oxygens (including phenoxy) is 4. The molecule has 0 saturated carbocycles. The van der Waals surface area contributed by atoms with Gasteiger partial charge in [-0.25, -0.2) is 0 Å². The van der Waals surface area contributed by atoms with Gasteiger partial charge in [0.2, 0.25) is 0 Å². The van der Waals surface area contributed by atoms with Crippen LogP contribution in [0.5, 0.6) is 0 Å². The third-order valence-corrected chi connectivity index (χ3v) is 13.6. The number of benzene rings is 4. The molecule has 0 radical (unpaired) electrons. The highest BCUT2D eigenvalue weighted by Crippen LogP contribution is 2.64. The fourth-order valence-corrected chi connectivity index (χ4v) is 10.3. The highest BCUT2D eigenvalue weighted by molar-refractivity contribution is 7.79. The van der Waals surface area contributed by atoms with E-state index >= 15 is 4.57 Å². The van der Waals surface area contributed by atoms with Gasteiger partial charge in [-0.2, -0.15) is 0 Å². The molecule has 0 spiro atoms. The third-order valence-electron chi connectivity index (χ3n) is 9.76. The highest BCUT2D eigenvalue weighted by Gasteiger charge is 2.49. The van der Waals surface area contributed by atoms with Crippen LogP contribution >= 0.6 is 7.14 Å². The Labute approximate surface area is 271 Å². The molecule has 0 aliphatic carbocycles. The number of hydrogen-bond acceptors (Lipinski definition) is 7. The van der Waals surface area contributed by atoms with Crippen LogP contribution in [-0.4, -0.2) is 77.0 Å². The van der Waals surface area contributed by atoms with Crippen molar-refractivity contribution in [3.63, 3.8) is 0 Å². The van der Waals surface area contributed by atoms with Crippen molar-refractivity contribution < 1.29 is 23.5 Å². The highest BCUT2D eigenvalue weighted by atomic mass is 31.2. The van der Waals surface area contributed by atoms with E-state index in [9.17, 15) is 0 Å². The fraction of sp³-hybridized carbons (Fsp3) is 0.368. The van der Waals surface area contributed by atoms with E-state index in [2.05, 4.69) is 65.3 Å². The van der Waals surface area contributed by atoms with E-state index in [-0.39, 0.29) is 24.4 Å². The first kappa shape index (κ1) is 29.9. The zero-order valence-electron chi connectivity index (χ0n) is 26.2. The molecule has 8 heteroatoms. The second kappa shape index (κ2) is 12.3. The predicted molar refractivity (Wildman–Crippen MR) is 182 cm³/mol. The van der Waals surface area contributed by atoms with Crippen LogP contribution in [0, 0.1) is 0 Å². The van der Waals surface area contributed by atoms with Crippen molar-refractivity contribution in [2.75, 3.05) is 62.4 Å². The smallest absolute Gasteiger partial charge is 0.157 e. The molecule has 4 fully saturated rings. The van der Waals surface area contributed by atoms with Crippen molar-refractivity contribution in [3.05, 3.63) is 120 Å². The summed E-state index contributed by atoms with van der Waals surface area (Å²) in [6, 6.07) is 37.5. The number of rotatable bonds is 15. The molecular formula is C38H41N2O5P. The standard InChI is InChI=1S/C38H41N2O5P/c1-38(46(41,36-8-4-2-5-9-36)37-10-6-3-7-11-37,28-12-16-30(17-13-28)39(20-32-24-42-32)21-33-25-43-33)29-14-18-31(19-15-29)40(22-34-26-44-34)23-35-27-45-35/h2-19,32-35H,20-27H2,1H3. The van der Waals surface area contributed by atoms with Gasteiger partial charge in [-0.05, 0) is 42.3 Å². The molecule has 4 heterocycles. The second-order valence-corrected chi connectivity index (χ2v) is 16.2. The predicted octanol–water partition coefficient (Wildman–Crippen LogP) is 5.17. The molecule has 4 aromatic carbocycles. The average Bonchev–Trinajstić information content (AvgIpc) is 3.90. The molecule has 0 N–H and O–H groups in total. The maximum absolute atomic E-state index is 16.2. The van der Waals surface area contributed by atoms with Gasteiger partial charge < -0.3 is 33.3 Å². The van der Waals surface area contributed by atoms with E-state index in [1.165, 1.54) is 0 Å². The van der Waals surface area contributed by atoms with E-state index in [4.69, 9.17) is 18.9 Å². The van der Waals surface area contributed by atoms with Crippen molar-refractivity contribution in [1.29, 1.82) is 0 Å². The Balaban J connectivity index is 1.23. The summed E-state index contributed by atoms with van der Waals surface area (Å²) in [6.45, 7) is 8.79. The van der Waals surface area contributed by atoms with Gasteiger partial charge in [-0.1, -0.05) is 84.9 Å². The van der Waals surface area contributed by atoms with Gasteiger partial charge in [0.1, 0.15) is 0 Å². The molecular weight excluding hydrogens is 595 g/mol. The Morgan fingerprint density at radius 2 is 0.848 bits per heavy atom. The summed E-state index contributed by atoms with van der Waals surface area (Å²) in [5, 5.41) is 0.822. The lowest BCUT2D eigenvalue weighted by Gasteiger charge is -2.40. The van der Waals surface area contributed by atoms with Crippen LogP contribution < -0.4 is 20.4 Å². The minimum Gasteiger partial charge on any atom is -0.371 e. The summed E-state index contributed by atoms with van der Waals surface area (Å²) in [4.78, 5) is 4.72. The molecule has 46 heavy (non-hydrogen) atoms. The van der Waals surface area contributed by atoms with Gasteiger partial charge in [0.15, 0.2) is 7.14 Å². The topological polar surface area (TPSA) is 73.7 Å². The largest absolute Gasteiger partial charge is 0.371 e. The Bertz CT molecular complexity index is 1520. The zero-order valence-corrected chi connectivity index (χ0v) is 27.1. The SMILES string of the molecule is CC(c1ccc(N(CC2CO2)CC2CO2)cc1)(c1ccc(N(CC2CO2)CC2CO2)cc1)P(=O)(c1ccccc1)c1ccccc1. The first-order valence-corrected chi connectivity index (χ1v) is 18.1. The van der Waals surface area contributed by atoms with Crippen LogP contribution in [-0.2, 0) is 28.7 Å². The molecule has 4 aromatic rings. The van der Waals surface area contributed by atoms with E-state index in [1.54, 1.807) is 0 Å². The lowest BCUT2D eigenvalue weighted by molar-refractivity contribution is 0.388. The van der Waals surface area contributed by atoms with Crippen LogP contribution in [0.2, 0.25) is 0 Å². The summed E-state index contributed by atoms with van der Waals surface area (Å²) in [5.74, 6) is 0. The normalized spacial score (nSPS) is 24.1. The maximum Gasteiger partial charge on any atom is 0.157 e. The van der Waals surface area contributed by atoms with E-state index < -0.39 is 12.3 Å². The fourth-order valence-electron chi connectivity index (χ4n) is 6.71. The second-order valence-electron chi connectivity index (χ2n) is 13.1. The molecule has 8 rings (SSSR count). The number of hydrogen-bond donors (Lipinski definition) is 0. The van der Waals surface area contributed by atoms with Gasteiger partial charge in [0.05, 0.1) is 56.0 Å². The number of nitrogens with zero attached hydrogens (tertiary/aromatic N) is 2. The molecule has 4 aliphatic heterocycles. The summed E-state index contributed by atoms with van der Waals surface area (Å²) in [5.41, 5.74) is 4.28. The van der Waals surface area contributed by atoms with Crippen molar-refractivity contribution >= 4 is 29.1 Å². The van der Waals surface area contributed by atoms with Crippen LogP contribution in [0.4, 0.5) is 11.4 Å². The monoisotopic (exact) mass is 636 g/mol. The minimum atomic E-state index is -3.33. The Hall–Kier alpha value is -3.45. The van der Waals surface area contributed by atoms with E-state index in [1.807, 2.05) is 60.7 Å². The quantitative estimate of drug-likeness (QED) is 0.132. The average molecular weight is 637 g/mol. The van der Waals surface area contributed by atoms with Gasteiger partial charge in [0.25, 0.3) is 0 Å². The third kappa shape index (κ3) is 6.15. The maximum atomic E-state index is 16.2. The molecule has 4 atom stereocenters. The lowest BCUT2D eigenvalue weighted by Crippen LogP contribution is -2.35. The van der Waals surface area contributed by atoms with Crippen molar-refractivity contribution in [2.24, 2.45) is 0 Å². The molecule has 4 aliphatic rings. The number of epoxide rings is 4. The van der Waals surface area contributed by atoms with Gasteiger partial charge in [-0.3, -0.25) is 0 Å². The molecule has 238 valence electrons. The Morgan fingerprint density at radius 1 is 0.543 bits per heavy atom. The van der Waals surface area contributed by atoms with Crippen molar-refractivity contribution in [2.45, 2.75) is 36.5 Å². The minimum absolute atomic E-state index is 0.274. The Morgan fingerprint density at radius 3 is 1.13 bits per heavy atom. The number of anilines is 2. The summed E-state index contributed by atoms with van der Waals surface area (Å²) < 4.78 is 38.5. The molecule has 4 saturated heterocycles. The molecule has 4 unspecified atom stereocenters. The van der Waals surface area contributed by atoms with Crippen LogP contribution in [0.1, 0.15) is 18.1 Å². The van der Waals surface area contributed by atoms with E-state index in [0.717, 1.165) is 85.7 Å². The van der Waals surface area contributed by atoms with Crippen molar-refractivity contribution in [1.82, 2.24) is 0 Å². The first-order chi connectivity index (χ1) is 22.5. The van der Waals surface area contributed by atoms with Crippen LogP contribution in [0.25, 0.3) is 0 Å². The lowest BCUT2D eigenvalue weighted by atomic mass is 9.91. The molecule has 0 aromatic heterocycles. The first-order valence-electron chi connectivity index (χ1n) is 16.4. The van der Waals surface area contributed by atoms with Crippen molar-refractivity contribution in [3.8, 4) is 0 Å². The zero-order chi connectivity index (χ0) is 31.1. The van der Waals surface area contributed by atoms with Gasteiger partial charge in [0, 0.05) is 48.2 Å². The molecule has 0 amide bonds. The van der Waals surface area contributed by atoms with Gasteiger partial charge >= 0.3 is 0 Å². The summed E-state index contributed by atoms with van der Waals surface area (Å²) in [7, 11) is -3.33. The van der Waals surface area contributed by atoms with E-state index in [0.29, 0.717) is 0 Å². The molecule has 7 nitrogen and oxygen atoms in total. The summed E-state index contributed by atoms with van der Waals surface area (Å²) >= 11 is 0. The summed E-state index contributed by atoms with van der Waals surface area (Å²) in [6.07, 6.45) is 1.10.